The lowest BCUT2D eigenvalue weighted by molar-refractivity contribution is -0.137. The molecule has 4 nitrogen and oxygen atoms in total. The third-order valence-electron chi connectivity index (χ3n) is 2.52. The van der Waals surface area contributed by atoms with Crippen LogP contribution in [0.25, 0.3) is 5.82 Å². The summed E-state index contributed by atoms with van der Waals surface area (Å²) in [6, 6.07) is 0. The van der Waals surface area contributed by atoms with Gasteiger partial charge in [-0.25, -0.2) is 14.6 Å². The van der Waals surface area contributed by atoms with E-state index in [1.54, 1.807) is 0 Å². The molecule has 0 saturated carbocycles. The lowest BCUT2D eigenvalue weighted by atomic mass is 10.1. The van der Waals surface area contributed by atoms with E-state index in [4.69, 9.17) is 11.6 Å². The van der Waals surface area contributed by atoms with E-state index < -0.39 is 11.7 Å². The second-order valence-electron chi connectivity index (χ2n) is 4.23. The average molecular weight is 291 g/mol. The molecule has 0 atom stereocenters. The van der Waals surface area contributed by atoms with Crippen LogP contribution in [0.5, 0.6) is 0 Å². The van der Waals surface area contributed by atoms with E-state index in [9.17, 15) is 13.2 Å². The molecule has 0 aromatic carbocycles. The zero-order valence-corrected chi connectivity index (χ0v) is 10.9. The van der Waals surface area contributed by atoms with Crippen LogP contribution in [0.1, 0.15) is 30.9 Å². The van der Waals surface area contributed by atoms with Gasteiger partial charge in [0.2, 0.25) is 0 Å². The summed E-state index contributed by atoms with van der Waals surface area (Å²) >= 11 is 5.96. The first-order valence-corrected chi connectivity index (χ1v) is 5.81. The molecule has 0 aliphatic heterocycles. The third kappa shape index (κ3) is 2.70. The van der Waals surface area contributed by atoms with E-state index in [1.807, 2.05) is 13.8 Å². The number of halogens is 4. The number of alkyl halides is 3. The Morgan fingerprint density at radius 3 is 2.47 bits per heavy atom. The highest BCUT2D eigenvalue weighted by Crippen LogP contribution is 2.31. The Hall–Kier alpha value is -1.63. The third-order valence-corrected chi connectivity index (χ3v) is 2.82. The molecule has 0 aliphatic carbocycles. The predicted octanol–water partition coefficient (Wildman–Crippen LogP) is 3.46. The molecule has 0 unspecified atom stereocenters. The van der Waals surface area contributed by atoms with E-state index in [-0.39, 0.29) is 16.9 Å². The van der Waals surface area contributed by atoms with Crippen LogP contribution in [0.4, 0.5) is 13.2 Å². The molecule has 0 aliphatic rings. The molecule has 0 N–H and O–H groups in total. The van der Waals surface area contributed by atoms with Gasteiger partial charge in [0.1, 0.15) is 11.5 Å². The van der Waals surface area contributed by atoms with E-state index in [0.29, 0.717) is 5.56 Å². The van der Waals surface area contributed by atoms with Crippen LogP contribution >= 0.6 is 11.6 Å². The maximum atomic E-state index is 12.5. The minimum Gasteiger partial charge on any atom is -0.224 e. The van der Waals surface area contributed by atoms with Gasteiger partial charge in [0.05, 0.1) is 11.8 Å². The summed E-state index contributed by atoms with van der Waals surface area (Å²) < 4.78 is 38.7. The molecule has 0 radical (unpaired) electrons. The highest BCUT2D eigenvalue weighted by atomic mass is 35.5. The molecule has 2 heterocycles. The van der Waals surface area contributed by atoms with Crippen LogP contribution in [0.3, 0.4) is 0 Å². The van der Waals surface area contributed by atoms with Gasteiger partial charge in [-0.2, -0.15) is 18.3 Å². The lowest BCUT2D eigenvalue weighted by Crippen LogP contribution is -2.07. The van der Waals surface area contributed by atoms with Crippen LogP contribution < -0.4 is 0 Å². The van der Waals surface area contributed by atoms with Crippen LogP contribution in [0.2, 0.25) is 5.15 Å². The summed E-state index contributed by atoms with van der Waals surface area (Å²) in [5, 5.41) is 3.90. The Labute approximate surface area is 112 Å². The minimum absolute atomic E-state index is 0.0396. The summed E-state index contributed by atoms with van der Waals surface area (Å²) in [6.07, 6.45) is -1.61. The fourth-order valence-corrected chi connectivity index (χ4v) is 1.98. The highest BCUT2D eigenvalue weighted by molar-refractivity contribution is 6.30. The summed E-state index contributed by atoms with van der Waals surface area (Å²) in [5.41, 5.74) is -0.280. The molecule has 2 aromatic heterocycles. The van der Waals surface area contributed by atoms with Gasteiger partial charge in [-0.05, 0) is 5.92 Å². The van der Waals surface area contributed by atoms with E-state index >= 15 is 0 Å². The Morgan fingerprint density at radius 1 is 1.26 bits per heavy atom. The maximum absolute atomic E-state index is 12.5. The highest BCUT2D eigenvalue weighted by Gasteiger charge is 2.32. The molecule has 102 valence electrons. The first-order valence-electron chi connectivity index (χ1n) is 5.43. The van der Waals surface area contributed by atoms with E-state index in [1.165, 1.54) is 6.33 Å². The molecule has 2 aromatic rings. The number of nitrogens with zero attached hydrogens (tertiary/aromatic N) is 4. The number of hydrogen-bond donors (Lipinski definition) is 0. The van der Waals surface area contributed by atoms with Crippen LogP contribution in [0, 0.1) is 0 Å². The van der Waals surface area contributed by atoms with Gasteiger partial charge >= 0.3 is 6.18 Å². The number of rotatable bonds is 2. The molecule has 8 heteroatoms. The molecular weight excluding hydrogens is 281 g/mol. The fraction of sp³-hybridized carbons (Fsp3) is 0.364. The van der Waals surface area contributed by atoms with Crippen molar-refractivity contribution in [2.75, 3.05) is 0 Å². The van der Waals surface area contributed by atoms with Crippen molar-refractivity contribution < 1.29 is 13.2 Å². The first-order chi connectivity index (χ1) is 8.80. The topological polar surface area (TPSA) is 43.6 Å². The summed E-state index contributed by atoms with van der Waals surface area (Å²) in [7, 11) is 0. The molecule has 0 saturated heterocycles. The smallest absolute Gasteiger partial charge is 0.224 e. The van der Waals surface area contributed by atoms with Gasteiger partial charge < -0.3 is 0 Å². The standard InChI is InChI=1S/C11H10ClF3N4/c1-6(2)8-9(12)16-5-17-10(8)19-4-7(3-18-19)11(13,14)15/h3-6H,1-2H3. The quantitative estimate of drug-likeness (QED) is 0.796. The fourth-order valence-electron chi connectivity index (χ4n) is 1.63. The van der Waals surface area contributed by atoms with Crippen LogP contribution in [-0.2, 0) is 6.18 Å². The molecule has 0 amide bonds. The van der Waals surface area contributed by atoms with Crippen LogP contribution in [0.15, 0.2) is 18.7 Å². The Bertz CT molecular complexity index is 592. The number of aromatic nitrogens is 4. The summed E-state index contributed by atoms with van der Waals surface area (Å²) in [6.45, 7) is 3.70. The lowest BCUT2D eigenvalue weighted by Gasteiger charge is -2.12. The molecular formula is C11H10ClF3N4. The number of hydrogen-bond acceptors (Lipinski definition) is 3. The summed E-state index contributed by atoms with van der Waals surface area (Å²) in [5.74, 6) is 0.215. The normalized spacial score (nSPS) is 12.2. The van der Waals surface area contributed by atoms with Crippen molar-refractivity contribution in [3.05, 3.63) is 35.0 Å². The van der Waals surface area contributed by atoms with Crippen molar-refractivity contribution in [1.29, 1.82) is 0 Å². The van der Waals surface area contributed by atoms with Gasteiger partial charge in [0, 0.05) is 11.8 Å². The average Bonchev–Trinajstić information content (AvgIpc) is 2.76. The Kier molecular flexibility index (Phi) is 3.49. The molecule has 0 fully saturated rings. The summed E-state index contributed by atoms with van der Waals surface area (Å²) in [4.78, 5) is 7.80. The molecule has 0 spiro atoms. The maximum Gasteiger partial charge on any atom is 0.419 e. The van der Waals surface area contributed by atoms with Gasteiger partial charge in [-0.3, -0.25) is 0 Å². The predicted molar refractivity (Wildman–Crippen MR) is 63.3 cm³/mol. The molecule has 2 rings (SSSR count). The van der Waals surface area contributed by atoms with E-state index in [0.717, 1.165) is 17.1 Å². The van der Waals surface area contributed by atoms with Crippen molar-refractivity contribution in [3.63, 3.8) is 0 Å². The SMILES string of the molecule is CC(C)c1c(Cl)ncnc1-n1cc(C(F)(F)F)cn1. The monoisotopic (exact) mass is 290 g/mol. The van der Waals surface area contributed by atoms with Crippen molar-refractivity contribution in [3.8, 4) is 5.82 Å². The first kappa shape index (κ1) is 13.8. The van der Waals surface area contributed by atoms with Crippen molar-refractivity contribution in [1.82, 2.24) is 19.7 Å². The second-order valence-corrected chi connectivity index (χ2v) is 4.59. The largest absolute Gasteiger partial charge is 0.419 e. The zero-order chi connectivity index (χ0) is 14.2. The molecule has 0 bridgehead atoms. The van der Waals surface area contributed by atoms with Crippen molar-refractivity contribution >= 4 is 11.6 Å². The zero-order valence-electron chi connectivity index (χ0n) is 10.1. The Balaban J connectivity index is 2.54. The molecule has 19 heavy (non-hydrogen) atoms. The van der Waals surface area contributed by atoms with E-state index in [2.05, 4.69) is 15.1 Å². The van der Waals surface area contributed by atoms with Gasteiger partial charge in [0.15, 0.2) is 5.82 Å². The van der Waals surface area contributed by atoms with Gasteiger partial charge in [0.25, 0.3) is 0 Å². The van der Waals surface area contributed by atoms with Crippen molar-refractivity contribution in [2.45, 2.75) is 25.9 Å². The second kappa shape index (κ2) is 4.80. The van der Waals surface area contributed by atoms with Crippen molar-refractivity contribution in [2.24, 2.45) is 0 Å². The van der Waals surface area contributed by atoms with Gasteiger partial charge in [-0.1, -0.05) is 25.4 Å². The van der Waals surface area contributed by atoms with Crippen LogP contribution in [-0.4, -0.2) is 19.7 Å². The minimum atomic E-state index is -4.44. The Morgan fingerprint density at radius 2 is 1.95 bits per heavy atom. The van der Waals surface area contributed by atoms with Gasteiger partial charge in [-0.15, -0.1) is 0 Å².